The molecule has 5 rings (SSSR count). The molecule has 1 aliphatic heterocycles. The van der Waals surface area contributed by atoms with E-state index in [0.717, 1.165) is 16.3 Å². The Balaban J connectivity index is 1.27. The molecule has 10 heteroatoms. The first-order valence-electron chi connectivity index (χ1n) is 11.2. The number of aromatic nitrogens is 4. The number of carbonyl (C=O) groups excluding carboxylic acids is 1. The van der Waals surface area contributed by atoms with Crippen LogP contribution >= 0.6 is 11.3 Å². The maximum absolute atomic E-state index is 13.3. The summed E-state index contributed by atoms with van der Waals surface area (Å²) in [6.07, 6.45) is 1.49. The summed E-state index contributed by atoms with van der Waals surface area (Å²) in [5.41, 5.74) is 1.88. The number of thiophene rings is 1. The Kier molecular flexibility index (Phi) is 6.37. The van der Waals surface area contributed by atoms with Crippen molar-refractivity contribution >= 4 is 23.1 Å². The minimum Gasteiger partial charge on any atom is -0.353 e. The van der Waals surface area contributed by atoms with Crippen LogP contribution in [0, 0.1) is 5.82 Å². The Labute approximate surface area is 205 Å². The predicted molar refractivity (Wildman–Crippen MR) is 133 cm³/mol. The molecule has 8 nitrogen and oxygen atoms in total. The van der Waals surface area contributed by atoms with E-state index in [1.54, 1.807) is 30.0 Å². The molecule has 0 N–H and O–H groups in total. The highest BCUT2D eigenvalue weighted by Gasteiger charge is 2.28. The van der Waals surface area contributed by atoms with Gasteiger partial charge in [-0.3, -0.25) is 9.59 Å². The summed E-state index contributed by atoms with van der Waals surface area (Å²) < 4.78 is 14.5. The fraction of sp³-hybridized carbons (Fsp3) is 0.240. The summed E-state index contributed by atoms with van der Waals surface area (Å²) in [5.74, 6) is 0.312. The topological polar surface area (TPSA) is 84.2 Å². The molecule has 0 aliphatic carbocycles. The zero-order valence-electron chi connectivity index (χ0n) is 19.0. The number of hydrogen-bond acceptors (Lipinski definition) is 7. The lowest BCUT2D eigenvalue weighted by Crippen LogP contribution is -2.51. The number of hydrogen-bond donors (Lipinski definition) is 0. The normalized spacial score (nSPS) is 14.7. The first-order valence-corrected chi connectivity index (χ1v) is 12.1. The maximum atomic E-state index is 13.3. The molecule has 4 heterocycles. The third kappa shape index (κ3) is 4.83. The van der Waals surface area contributed by atoms with E-state index < -0.39 is 6.04 Å². The lowest BCUT2D eigenvalue weighted by molar-refractivity contribution is -0.135. The van der Waals surface area contributed by atoms with E-state index in [2.05, 4.69) is 20.0 Å². The first kappa shape index (κ1) is 22.9. The number of benzene rings is 1. The van der Waals surface area contributed by atoms with Gasteiger partial charge in [0.15, 0.2) is 0 Å². The van der Waals surface area contributed by atoms with Gasteiger partial charge in [0, 0.05) is 43.9 Å². The molecule has 1 unspecified atom stereocenters. The van der Waals surface area contributed by atoms with Crippen LogP contribution in [0.1, 0.15) is 13.0 Å². The molecule has 0 spiro atoms. The Morgan fingerprint density at radius 2 is 1.77 bits per heavy atom. The van der Waals surface area contributed by atoms with Crippen LogP contribution in [-0.4, -0.2) is 56.7 Å². The minimum atomic E-state index is -0.710. The zero-order chi connectivity index (χ0) is 24.4. The summed E-state index contributed by atoms with van der Waals surface area (Å²) >= 11 is 1.53. The van der Waals surface area contributed by atoms with Crippen molar-refractivity contribution in [3.63, 3.8) is 0 Å². The van der Waals surface area contributed by atoms with E-state index in [-0.39, 0.29) is 17.3 Å². The van der Waals surface area contributed by atoms with Gasteiger partial charge in [-0.05, 0) is 48.7 Å². The lowest BCUT2D eigenvalue weighted by atomic mass is 10.1. The van der Waals surface area contributed by atoms with Crippen LogP contribution in [0.15, 0.2) is 71.1 Å². The van der Waals surface area contributed by atoms with Crippen molar-refractivity contribution in [1.29, 1.82) is 0 Å². The van der Waals surface area contributed by atoms with Crippen LogP contribution in [0.25, 0.3) is 21.8 Å². The molecule has 1 saturated heterocycles. The van der Waals surface area contributed by atoms with Crippen molar-refractivity contribution in [3.05, 3.63) is 82.5 Å². The van der Waals surface area contributed by atoms with E-state index in [9.17, 15) is 14.0 Å². The number of anilines is 1. The average Bonchev–Trinajstić information content (AvgIpc) is 3.44. The van der Waals surface area contributed by atoms with E-state index in [1.807, 2.05) is 23.6 Å². The van der Waals surface area contributed by atoms with Crippen LogP contribution in [0.2, 0.25) is 0 Å². The Morgan fingerprint density at radius 3 is 2.49 bits per heavy atom. The largest absolute Gasteiger partial charge is 0.353 e. The second kappa shape index (κ2) is 9.75. The third-order valence-corrected chi connectivity index (χ3v) is 6.92. The summed E-state index contributed by atoms with van der Waals surface area (Å²) in [5, 5.41) is 6.40. The van der Waals surface area contributed by atoms with Gasteiger partial charge in [-0.1, -0.05) is 6.07 Å². The Morgan fingerprint density at radius 1 is 1.00 bits per heavy atom. The summed E-state index contributed by atoms with van der Waals surface area (Å²) in [7, 11) is 0. The van der Waals surface area contributed by atoms with Gasteiger partial charge in [-0.15, -0.1) is 11.3 Å². The third-order valence-electron chi connectivity index (χ3n) is 6.03. The van der Waals surface area contributed by atoms with Gasteiger partial charge < -0.3 is 9.80 Å². The van der Waals surface area contributed by atoms with Crippen LogP contribution in [0.4, 0.5) is 10.2 Å². The molecule has 35 heavy (non-hydrogen) atoms. The number of halogens is 1. The fourth-order valence-corrected chi connectivity index (χ4v) is 4.77. The van der Waals surface area contributed by atoms with Crippen molar-refractivity contribution in [2.75, 3.05) is 31.1 Å². The highest BCUT2D eigenvalue weighted by Crippen LogP contribution is 2.24. The molecule has 0 bridgehead atoms. The van der Waals surface area contributed by atoms with Crippen LogP contribution in [0.3, 0.4) is 0 Å². The molecule has 1 fully saturated rings. The lowest BCUT2D eigenvalue weighted by Gasteiger charge is -2.36. The molecular weight excluding hydrogens is 467 g/mol. The monoisotopic (exact) mass is 490 g/mol. The minimum absolute atomic E-state index is 0.141. The molecule has 0 radical (unpaired) electrons. The van der Waals surface area contributed by atoms with Crippen molar-refractivity contribution in [2.24, 2.45) is 0 Å². The number of nitrogens with zero attached hydrogens (tertiary/aromatic N) is 6. The zero-order valence-corrected chi connectivity index (χ0v) is 19.9. The van der Waals surface area contributed by atoms with Crippen molar-refractivity contribution in [2.45, 2.75) is 13.0 Å². The molecule has 3 aromatic heterocycles. The van der Waals surface area contributed by atoms with Crippen LogP contribution in [-0.2, 0) is 4.79 Å². The Bertz CT molecular complexity index is 1380. The van der Waals surface area contributed by atoms with E-state index in [0.29, 0.717) is 37.6 Å². The second-order valence-electron chi connectivity index (χ2n) is 8.24. The summed E-state index contributed by atoms with van der Waals surface area (Å²) in [6, 6.07) is 14.3. The standard InChI is InChI=1S/C25H23FN6O2S/c1-17(32-24(33)9-8-20(29-32)22-3-2-14-35-22)25(34)31-12-10-30(11-13-31)23-15-21(27-16-28-23)18-4-6-19(26)7-5-18/h2-9,14-17H,10-13H2,1H3. The molecule has 1 amide bonds. The molecule has 4 aromatic rings. The van der Waals surface area contributed by atoms with E-state index >= 15 is 0 Å². The van der Waals surface area contributed by atoms with Crippen molar-refractivity contribution in [3.8, 4) is 21.8 Å². The molecule has 1 aliphatic rings. The fourth-order valence-electron chi connectivity index (χ4n) is 4.08. The number of amides is 1. The van der Waals surface area contributed by atoms with Gasteiger partial charge in [-0.25, -0.2) is 19.0 Å². The number of rotatable bonds is 5. The molecule has 1 atom stereocenters. The summed E-state index contributed by atoms with van der Waals surface area (Å²) in [6.45, 7) is 3.89. The van der Waals surface area contributed by atoms with Crippen LogP contribution in [0.5, 0.6) is 0 Å². The van der Waals surface area contributed by atoms with Gasteiger partial charge in [0.2, 0.25) is 5.91 Å². The smallest absolute Gasteiger partial charge is 0.267 e. The SMILES string of the molecule is CC(C(=O)N1CCN(c2cc(-c3ccc(F)cc3)ncn2)CC1)n1nc(-c2cccs2)ccc1=O. The highest BCUT2D eigenvalue weighted by molar-refractivity contribution is 7.13. The van der Waals surface area contributed by atoms with Gasteiger partial charge in [0.25, 0.3) is 5.56 Å². The van der Waals surface area contributed by atoms with Gasteiger partial charge >= 0.3 is 0 Å². The van der Waals surface area contributed by atoms with Crippen molar-refractivity contribution < 1.29 is 9.18 Å². The van der Waals surface area contributed by atoms with Gasteiger partial charge in [0.05, 0.1) is 10.6 Å². The number of carbonyl (C=O) groups is 1. The number of piperazine rings is 1. The molecule has 1 aromatic carbocycles. The summed E-state index contributed by atoms with van der Waals surface area (Å²) in [4.78, 5) is 39.2. The van der Waals surface area contributed by atoms with Gasteiger partial charge in [-0.2, -0.15) is 5.10 Å². The molecule has 178 valence electrons. The molecule has 0 saturated carbocycles. The Hall–Kier alpha value is -3.92. The van der Waals surface area contributed by atoms with Gasteiger partial charge in [0.1, 0.15) is 29.7 Å². The molecular formula is C25H23FN6O2S. The second-order valence-corrected chi connectivity index (χ2v) is 9.18. The van der Waals surface area contributed by atoms with Crippen molar-refractivity contribution in [1.82, 2.24) is 24.6 Å². The van der Waals surface area contributed by atoms with E-state index in [1.165, 1.54) is 40.5 Å². The highest BCUT2D eigenvalue weighted by atomic mass is 32.1. The average molecular weight is 491 g/mol. The van der Waals surface area contributed by atoms with Crippen LogP contribution < -0.4 is 10.5 Å². The predicted octanol–water partition coefficient (Wildman–Crippen LogP) is 3.48. The van der Waals surface area contributed by atoms with E-state index in [4.69, 9.17) is 0 Å². The maximum Gasteiger partial charge on any atom is 0.267 e. The quantitative estimate of drug-likeness (QED) is 0.426. The first-order chi connectivity index (χ1) is 17.0.